The monoisotopic (exact) mass is 330 g/mol. The number of hydrogen-bond acceptors (Lipinski definition) is 2. The lowest BCUT2D eigenvalue weighted by Gasteiger charge is -2.28. The van der Waals surface area contributed by atoms with Crippen LogP contribution in [0.5, 0.6) is 0 Å². The minimum absolute atomic E-state index is 0.886. The smallest absolute Gasteiger partial charge is 0.0610 e. The summed E-state index contributed by atoms with van der Waals surface area (Å²) >= 11 is 0. The molecule has 0 spiro atoms. The number of rotatable bonds is 7. The topological polar surface area (TPSA) is 15.3 Å². The lowest BCUT2D eigenvalue weighted by molar-refractivity contribution is 0.800. The molecule has 0 saturated carbocycles. The van der Waals surface area contributed by atoms with Crippen LogP contribution in [0.3, 0.4) is 0 Å². The number of benzene rings is 3. The number of nitrogens with zero attached hydrogens (tertiary/aromatic N) is 1. The highest BCUT2D eigenvalue weighted by Gasteiger charge is 2.14. The number of hydrogen-bond donors (Lipinski definition) is 1. The van der Waals surface area contributed by atoms with Crippen LogP contribution >= 0.6 is 0 Å². The summed E-state index contributed by atoms with van der Waals surface area (Å²) in [6, 6.07) is 27.9. The van der Waals surface area contributed by atoms with Gasteiger partial charge in [-0.15, -0.1) is 0 Å². The summed E-state index contributed by atoms with van der Waals surface area (Å²) in [5.74, 6) is 0. The SMILES string of the molecule is CCNc1c(C)cccc1N(Cc1ccccc1)Cc1ccccc1. The van der Waals surface area contributed by atoms with Gasteiger partial charge in [-0.2, -0.15) is 0 Å². The van der Waals surface area contributed by atoms with Crippen LogP contribution in [-0.2, 0) is 13.1 Å². The van der Waals surface area contributed by atoms with Crippen molar-refractivity contribution in [2.45, 2.75) is 26.9 Å². The summed E-state index contributed by atoms with van der Waals surface area (Å²) < 4.78 is 0. The van der Waals surface area contributed by atoms with Crippen molar-refractivity contribution in [2.24, 2.45) is 0 Å². The van der Waals surface area contributed by atoms with Gasteiger partial charge in [-0.25, -0.2) is 0 Å². The molecule has 0 saturated heterocycles. The van der Waals surface area contributed by atoms with E-state index >= 15 is 0 Å². The molecule has 0 atom stereocenters. The van der Waals surface area contributed by atoms with Gasteiger partial charge in [0.1, 0.15) is 0 Å². The molecule has 3 aromatic rings. The Morgan fingerprint density at radius 2 is 1.28 bits per heavy atom. The highest BCUT2D eigenvalue weighted by atomic mass is 15.1. The highest BCUT2D eigenvalue weighted by Crippen LogP contribution is 2.31. The Labute approximate surface area is 151 Å². The van der Waals surface area contributed by atoms with E-state index in [1.165, 1.54) is 28.1 Å². The summed E-state index contributed by atoms with van der Waals surface area (Å²) in [6.45, 7) is 7.01. The third-order valence-corrected chi connectivity index (χ3v) is 4.38. The van der Waals surface area contributed by atoms with Crippen molar-refractivity contribution in [2.75, 3.05) is 16.8 Å². The van der Waals surface area contributed by atoms with Gasteiger partial charge < -0.3 is 10.2 Å². The average Bonchev–Trinajstić information content (AvgIpc) is 2.65. The predicted octanol–water partition coefficient (Wildman–Crippen LogP) is 5.63. The van der Waals surface area contributed by atoms with Gasteiger partial charge >= 0.3 is 0 Å². The molecule has 0 heterocycles. The summed E-state index contributed by atoms with van der Waals surface area (Å²) in [4.78, 5) is 2.45. The molecule has 0 aliphatic heterocycles. The van der Waals surface area contributed by atoms with E-state index in [1.807, 2.05) is 0 Å². The molecule has 0 fully saturated rings. The van der Waals surface area contributed by atoms with E-state index in [-0.39, 0.29) is 0 Å². The standard InChI is InChI=1S/C23H26N2/c1-3-24-23-19(2)11-10-16-22(23)25(17-20-12-6-4-7-13-20)18-21-14-8-5-9-15-21/h4-16,24H,3,17-18H2,1-2H3. The van der Waals surface area contributed by atoms with Crippen LogP contribution < -0.4 is 10.2 Å². The van der Waals surface area contributed by atoms with Gasteiger partial charge in [0.25, 0.3) is 0 Å². The fourth-order valence-corrected chi connectivity index (χ4v) is 3.16. The summed E-state index contributed by atoms with van der Waals surface area (Å²) in [5, 5.41) is 3.55. The van der Waals surface area contributed by atoms with Crippen molar-refractivity contribution in [3.8, 4) is 0 Å². The molecule has 0 aliphatic rings. The van der Waals surface area contributed by atoms with Gasteiger partial charge in [0.15, 0.2) is 0 Å². The maximum absolute atomic E-state index is 3.55. The van der Waals surface area contributed by atoms with Crippen molar-refractivity contribution in [3.05, 3.63) is 95.6 Å². The average molecular weight is 330 g/mol. The maximum atomic E-state index is 3.55. The van der Waals surface area contributed by atoms with E-state index in [4.69, 9.17) is 0 Å². The number of aryl methyl sites for hydroxylation is 1. The Kier molecular flexibility index (Phi) is 5.73. The zero-order valence-corrected chi connectivity index (χ0v) is 15.1. The van der Waals surface area contributed by atoms with Crippen molar-refractivity contribution in [3.63, 3.8) is 0 Å². The second kappa shape index (κ2) is 8.39. The molecule has 0 aliphatic carbocycles. The van der Waals surface area contributed by atoms with Gasteiger partial charge in [0.05, 0.1) is 11.4 Å². The van der Waals surface area contributed by atoms with Crippen molar-refractivity contribution in [1.29, 1.82) is 0 Å². The maximum Gasteiger partial charge on any atom is 0.0610 e. The Morgan fingerprint density at radius 1 is 0.720 bits per heavy atom. The van der Waals surface area contributed by atoms with Crippen molar-refractivity contribution >= 4 is 11.4 Å². The normalized spacial score (nSPS) is 10.5. The van der Waals surface area contributed by atoms with Crippen LogP contribution in [-0.4, -0.2) is 6.54 Å². The zero-order valence-electron chi connectivity index (χ0n) is 15.1. The van der Waals surface area contributed by atoms with Gasteiger partial charge in [0.2, 0.25) is 0 Å². The lowest BCUT2D eigenvalue weighted by atomic mass is 10.1. The molecule has 128 valence electrons. The second-order valence-corrected chi connectivity index (χ2v) is 6.33. The Bertz CT molecular complexity index is 740. The first kappa shape index (κ1) is 17.1. The fourth-order valence-electron chi connectivity index (χ4n) is 3.16. The molecule has 2 nitrogen and oxygen atoms in total. The van der Waals surface area contributed by atoms with E-state index < -0.39 is 0 Å². The molecule has 0 aromatic heterocycles. The van der Waals surface area contributed by atoms with Gasteiger partial charge in [-0.1, -0.05) is 72.8 Å². The third-order valence-electron chi connectivity index (χ3n) is 4.38. The molecule has 0 radical (unpaired) electrons. The zero-order chi connectivity index (χ0) is 17.5. The van der Waals surface area contributed by atoms with Crippen molar-refractivity contribution < 1.29 is 0 Å². The summed E-state index contributed by atoms with van der Waals surface area (Å²) in [7, 11) is 0. The van der Waals surface area contributed by atoms with Crippen LogP contribution in [0, 0.1) is 6.92 Å². The van der Waals surface area contributed by atoms with Crippen LogP contribution in [0.1, 0.15) is 23.6 Å². The molecular weight excluding hydrogens is 304 g/mol. The Balaban J connectivity index is 1.97. The largest absolute Gasteiger partial charge is 0.383 e. The molecule has 0 unspecified atom stereocenters. The molecule has 2 heteroatoms. The van der Waals surface area contributed by atoms with Gasteiger partial charge in [-0.3, -0.25) is 0 Å². The molecule has 1 N–H and O–H groups in total. The van der Waals surface area contributed by atoms with Gasteiger partial charge in [-0.05, 0) is 36.6 Å². The third kappa shape index (κ3) is 4.42. The lowest BCUT2D eigenvalue weighted by Crippen LogP contribution is -2.23. The first-order valence-electron chi connectivity index (χ1n) is 8.94. The summed E-state index contributed by atoms with van der Waals surface area (Å²) in [6.07, 6.45) is 0. The van der Waals surface area contributed by atoms with E-state index in [9.17, 15) is 0 Å². The minimum atomic E-state index is 0.886. The van der Waals surface area contributed by atoms with Crippen LogP contribution in [0.15, 0.2) is 78.9 Å². The fraction of sp³-hybridized carbons (Fsp3) is 0.217. The Hall–Kier alpha value is -2.74. The number of para-hydroxylation sites is 1. The molecule has 0 amide bonds. The summed E-state index contributed by atoms with van der Waals surface area (Å²) in [5.41, 5.74) is 6.42. The molecule has 25 heavy (non-hydrogen) atoms. The highest BCUT2D eigenvalue weighted by molar-refractivity contribution is 5.73. The van der Waals surface area contributed by atoms with E-state index in [0.717, 1.165) is 19.6 Å². The first-order chi connectivity index (χ1) is 12.3. The van der Waals surface area contributed by atoms with E-state index in [2.05, 4.69) is 103 Å². The van der Waals surface area contributed by atoms with Gasteiger partial charge in [0, 0.05) is 19.6 Å². The van der Waals surface area contributed by atoms with Crippen LogP contribution in [0.25, 0.3) is 0 Å². The molecular formula is C23H26N2. The Morgan fingerprint density at radius 3 is 1.80 bits per heavy atom. The van der Waals surface area contributed by atoms with Crippen LogP contribution in [0.2, 0.25) is 0 Å². The van der Waals surface area contributed by atoms with Crippen LogP contribution in [0.4, 0.5) is 11.4 Å². The van der Waals surface area contributed by atoms with E-state index in [0.29, 0.717) is 0 Å². The molecule has 3 rings (SSSR count). The second-order valence-electron chi connectivity index (χ2n) is 6.33. The van der Waals surface area contributed by atoms with Crippen molar-refractivity contribution in [1.82, 2.24) is 0 Å². The molecule has 0 bridgehead atoms. The first-order valence-corrected chi connectivity index (χ1v) is 8.94. The predicted molar refractivity (Wildman–Crippen MR) is 108 cm³/mol. The quantitative estimate of drug-likeness (QED) is 0.603. The molecule has 3 aromatic carbocycles. The minimum Gasteiger partial charge on any atom is -0.383 e. The van der Waals surface area contributed by atoms with E-state index in [1.54, 1.807) is 0 Å². The number of anilines is 2. The number of nitrogens with one attached hydrogen (secondary N) is 1.